The van der Waals surface area contributed by atoms with Crippen LogP contribution in [0.4, 0.5) is 11.4 Å². The molecule has 0 radical (unpaired) electrons. The van der Waals surface area contributed by atoms with Gasteiger partial charge in [0.2, 0.25) is 0 Å². The molecule has 6 nitrogen and oxygen atoms in total. The van der Waals surface area contributed by atoms with Crippen molar-refractivity contribution >= 4 is 23.1 Å². The minimum atomic E-state index is -0.246. The van der Waals surface area contributed by atoms with Crippen LogP contribution in [-0.4, -0.2) is 42.0 Å². The summed E-state index contributed by atoms with van der Waals surface area (Å²) >= 11 is 0. The number of nitrogens with one attached hydrogen (secondary N) is 2. The number of aromatic amines is 1. The number of amides is 1. The van der Waals surface area contributed by atoms with Crippen LogP contribution in [0.3, 0.4) is 0 Å². The number of ether oxygens (including phenoxy) is 1. The van der Waals surface area contributed by atoms with Crippen molar-refractivity contribution in [1.82, 2.24) is 4.98 Å². The first-order valence-corrected chi connectivity index (χ1v) is 9.28. The van der Waals surface area contributed by atoms with E-state index in [0.717, 1.165) is 24.5 Å². The van der Waals surface area contributed by atoms with Crippen molar-refractivity contribution in [2.45, 2.75) is 46.8 Å². The van der Waals surface area contributed by atoms with Crippen LogP contribution < -0.4 is 10.2 Å². The van der Waals surface area contributed by atoms with Gasteiger partial charge in [-0.25, -0.2) is 0 Å². The summed E-state index contributed by atoms with van der Waals surface area (Å²) in [6.07, 6.45) is 0.394. The number of aryl methyl sites for hydroxylation is 1. The lowest BCUT2D eigenvalue weighted by Gasteiger charge is -2.36. The summed E-state index contributed by atoms with van der Waals surface area (Å²) in [7, 11) is 0. The predicted molar refractivity (Wildman–Crippen MR) is 107 cm³/mol. The van der Waals surface area contributed by atoms with Crippen molar-refractivity contribution < 1.29 is 14.3 Å². The fourth-order valence-electron chi connectivity index (χ4n) is 3.84. The van der Waals surface area contributed by atoms with Gasteiger partial charge in [0.1, 0.15) is 5.69 Å². The molecule has 6 heteroatoms. The maximum atomic E-state index is 12.6. The fourth-order valence-corrected chi connectivity index (χ4v) is 3.84. The van der Waals surface area contributed by atoms with E-state index in [1.165, 1.54) is 6.92 Å². The van der Waals surface area contributed by atoms with E-state index in [1.807, 2.05) is 24.3 Å². The second kappa shape index (κ2) is 7.56. The average Bonchev–Trinajstić information content (AvgIpc) is 2.89. The van der Waals surface area contributed by atoms with E-state index in [4.69, 9.17) is 4.74 Å². The Bertz CT molecular complexity index is 844. The summed E-state index contributed by atoms with van der Waals surface area (Å²) in [6, 6.07) is 7.81. The Morgan fingerprint density at radius 2 is 1.70 bits per heavy atom. The van der Waals surface area contributed by atoms with Gasteiger partial charge in [-0.05, 0) is 64.4 Å². The Hall–Kier alpha value is -2.60. The zero-order valence-electron chi connectivity index (χ0n) is 16.6. The summed E-state index contributed by atoms with van der Waals surface area (Å²) in [5.74, 6) is -0.289. The highest BCUT2D eigenvalue weighted by atomic mass is 16.5. The van der Waals surface area contributed by atoms with Gasteiger partial charge in [-0.2, -0.15) is 0 Å². The Morgan fingerprint density at radius 1 is 1.11 bits per heavy atom. The van der Waals surface area contributed by atoms with E-state index >= 15 is 0 Å². The zero-order valence-corrected chi connectivity index (χ0v) is 16.6. The van der Waals surface area contributed by atoms with Gasteiger partial charge in [0, 0.05) is 35.7 Å². The van der Waals surface area contributed by atoms with Gasteiger partial charge in [-0.15, -0.1) is 0 Å². The molecule has 2 atom stereocenters. The molecule has 1 amide bonds. The monoisotopic (exact) mass is 369 g/mol. The Balaban J connectivity index is 1.72. The van der Waals surface area contributed by atoms with Crippen LogP contribution in [0, 0.1) is 13.8 Å². The molecular formula is C21H27N3O3. The smallest absolute Gasteiger partial charge is 0.272 e. The number of benzene rings is 1. The van der Waals surface area contributed by atoms with Crippen molar-refractivity contribution in [2.24, 2.45) is 0 Å². The number of carbonyl (C=O) groups excluding carboxylic acids is 2. The van der Waals surface area contributed by atoms with Gasteiger partial charge in [0.25, 0.3) is 5.91 Å². The molecule has 1 saturated heterocycles. The van der Waals surface area contributed by atoms with E-state index < -0.39 is 0 Å². The van der Waals surface area contributed by atoms with Gasteiger partial charge < -0.3 is 19.9 Å². The Labute approximate surface area is 159 Å². The van der Waals surface area contributed by atoms with Crippen LogP contribution in [0.5, 0.6) is 0 Å². The van der Waals surface area contributed by atoms with Crippen molar-refractivity contribution in [2.75, 3.05) is 23.3 Å². The number of rotatable bonds is 4. The van der Waals surface area contributed by atoms with Gasteiger partial charge in [-0.3, -0.25) is 9.59 Å². The van der Waals surface area contributed by atoms with E-state index in [1.54, 1.807) is 13.8 Å². The number of hydrogen-bond acceptors (Lipinski definition) is 4. The lowest BCUT2D eigenvalue weighted by Crippen LogP contribution is -2.45. The number of nitrogens with zero attached hydrogens (tertiary/aromatic N) is 1. The summed E-state index contributed by atoms with van der Waals surface area (Å²) in [5.41, 5.74) is 4.25. The quantitative estimate of drug-likeness (QED) is 0.806. The molecule has 1 fully saturated rings. The van der Waals surface area contributed by atoms with Crippen LogP contribution in [0.2, 0.25) is 0 Å². The largest absolute Gasteiger partial charge is 0.372 e. The van der Waals surface area contributed by atoms with Gasteiger partial charge in [-0.1, -0.05) is 0 Å². The standard InChI is InChI=1S/C21H27N3O3/c1-12-10-24(11-13(2)27-12)18-8-6-17(7-9-18)23-21(26)20-14(3)19(16(5)25)15(4)22-20/h6-9,12-13,22H,10-11H2,1-5H3,(H,23,26). The number of carbonyl (C=O) groups is 2. The van der Waals surface area contributed by atoms with E-state index in [2.05, 4.69) is 29.0 Å². The van der Waals surface area contributed by atoms with Crippen LogP contribution >= 0.6 is 0 Å². The molecule has 1 aliphatic heterocycles. The number of ketones is 1. The molecule has 27 heavy (non-hydrogen) atoms. The second-order valence-corrected chi connectivity index (χ2v) is 7.34. The maximum Gasteiger partial charge on any atom is 0.272 e. The van der Waals surface area contributed by atoms with E-state index in [0.29, 0.717) is 22.5 Å². The topological polar surface area (TPSA) is 74.4 Å². The summed E-state index contributed by atoms with van der Waals surface area (Å²) in [4.78, 5) is 29.7. The van der Waals surface area contributed by atoms with Crippen LogP contribution in [0.1, 0.15) is 52.9 Å². The first-order chi connectivity index (χ1) is 12.8. The molecule has 0 spiro atoms. The summed E-state index contributed by atoms with van der Waals surface area (Å²) < 4.78 is 5.78. The minimum absolute atomic E-state index is 0.0429. The van der Waals surface area contributed by atoms with Crippen molar-refractivity contribution in [1.29, 1.82) is 0 Å². The summed E-state index contributed by atoms with van der Waals surface area (Å²) in [6.45, 7) is 11.0. The molecule has 0 saturated carbocycles. The van der Waals surface area contributed by atoms with Gasteiger partial charge in [0.15, 0.2) is 5.78 Å². The number of morpholine rings is 1. The molecule has 2 aromatic rings. The molecule has 1 aromatic heterocycles. The fraction of sp³-hybridized carbons (Fsp3) is 0.429. The lowest BCUT2D eigenvalue weighted by molar-refractivity contribution is -0.00521. The molecule has 2 N–H and O–H groups in total. The molecule has 3 rings (SSSR count). The van der Waals surface area contributed by atoms with Crippen molar-refractivity contribution in [3.05, 3.63) is 46.8 Å². The highest BCUT2D eigenvalue weighted by Crippen LogP contribution is 2.24. The molecular weight excluding hydrogens is 342 g/mol. The SMILES string of the molecule is CC(=O)c1c(C)[nH]c(C(=O)Nc2ccc(N3CC(C)OC(C)C3)cc2)c1C. The third-order valence-electron chi connectivity index (χ3n) is 4.93. The van der Waals surface area contributed by atoms with Crippen molar-refractivity contribution in [3.63, 3.8) is 0 Å². The third kappa shape index (κ3) is 4.06. The van der Waals surface area contributed by atoms with Gasteiger partial charge in [0.05, 0.1) is 12.2 Å². The van der Waals surface area contributed by atoms with E-state index in [9.17, 15) is 9.59 Å². The highest BCUT2D eigenvalue weighted by molar-refractivity contribution is 6.07. The van der Waals surface area contributed by atoms with Crippen LogP contribution in [0.25, 0.3) is 0 Å². The first-order valence-electron chi connectivity index (χ1n) is 9.28. The average molecular weight is 369 g/mol. The zero-order chi connectivity index (χ0) is 19.7. The molecule has 1 aliphatic rings. The Morgan fingerprint density at radius 3 is 2.22 bits per heavy atom. The van der Waals surface area contributed by atoms with Crippen molar-refractivity contribution in [3.8, 4) is 0 Å². The molecule has 2 unspecified atom stereocenters. The summed E-state index contributed by atoms with van der Waals surface area (Å²) in [5, 5.41) is 2.90. The molecule has 144 valence electrons. The molecule has 2 heterocycles. The van der Waals surface area contributed by atoms with Crippen LogP contribution in [0.15, 0.2) is 24.3 Å². The maximum absolute atomic E-state index is 12.6. The highest BCUT2D eigenvalue weighted by Gasteiger charge is 2.23. The second-order valence-electron chi connectivity index (χ2n) is 7.34. The minimum Gasteiger partial charge on any atom is -0.372 e. The Kier molecular flexibility index (Phi) is 5.37. The molecule has 1 aromatic carbocycles. The predicted octanol–water partition coefficient (Wildman–Crippen LogP) is 3.70. The van der Waals surface area contributed by atoms with E-state index in [-0.39, 0.29) is 23.9 Å². The van der Waals surface area contributed by atoms with Crippen LogP contribution in [-0.2, 0) is 4.74 Å². The number of hydrogen-bond donors (Lipinski definition) is 2. The number of H-pyrrole nitrogens is 1. The molecule has 0 bridgehead atoms. The number of Topliss-reactive ketones (excluding diaryl/α,β-unsaturated/α-hetero) is 1. The first kappa shape index (κ1) is 19.2. The molecule has 0 aliphatic carbocycles. The number of anilines is 2. The third-order valence-corrected chi connectivity index (χ3v) is 4.93. The van der Waals surface area contributed by atoms with Gasteiger partial charge >= 0.3 is 0 Å². The number of aromatic nitrogens is 1. The normalized spacial score (nSPS) is 19.8. The lowest BCUT2D eigenvalue weighted by atomic mass is 10.1.